The molecule has 1 aromatic heterocycles. The van der Waals surface area contributed by atoms with Crippen LogP contribution in [0.15, 0.2) is 12.4 Å². The van der Waals surface area contributed by atoms with E-state index in [4.69, 9.17) is 0 Å². The Bertz CT molecular complexity index is 351. The number of likely N-dealkylation sites (N-methyl/N-ethyl adjacent to an activating group) is 1. The van der Waals surface area contributed by atoms with E-state index in [0.717, 1.165) is 5.82 Å². The van der Waals surface area contributed by atoms with Gasteiger partial charge in [-0.3, -0.25) is 4.79 Å². The second-order valence-electron chi connectivity index (χ2n) is 4.75. The predicted molar refractivity (Wildman–Crippen MR) is 62.9 cm³/mol. The highest BCUT2D eigenvalue weighted by Crippen LogP contribution is 2.03. The third-order valence-corrected chi connectivity index (χ3v) is 2.17. The van der Waals surface area contributed by atoms with Crippen molar-refractivity contribution in [1.82, 2.24) is 20.2 Å². The summed E-state index contributed by atoms with van der Waals surface area (Å²) in [5, 5.41) is 5.94. The molecule has 1 heterocycles. The highest BCUT2D eigenvalue weighted by molar-refractivity contribution is 5.75. The van der Waals surface area contributed by atoms with Crippen LogP contribution in [0.1, 0.15) is 26.6 Å². The van der Waals surface area contributed by atoms with Gasteiger partial charge < -0.3 is 15.2 Å². The number of nitrogens with zero attached hydrogens (tertiary/aromatic N) is 2. The monoisotopic (exact) mass is 224 g/mol. The number of hydrogen-bond donors (Lipinski definition) is 2. The van der Waals surface area contributed by atoms with Crippen molar-refractivity contribution in [2.24, 2.45) is 0 Å². The Hall–Kier alpha value is -1.36. The molecule has 0 saturated carbocycles. The first-order chi connectivity index (χ1) is 7.42. The molecule has 0 aliphatic heterocycles. The minimum absolute atomic E-state index is 0.0185. The molecule has 0 spiro atoms. The fraction of sp³-hybridized carbons (Fsp3) is 0.636. The van der Waals surface area contributed by atoms with Crippen LogP contribution in [-0.2, 0) is 17.9 Å². The smallest absolute Gasteiger partial charge is 0.239 e. The summed E-state index contributed by atoms with van der Waals surface area (Å²) < 4.78 is 1.84. The van der Waals surface area contributed by atoms with Crippen molar-refractivity contribution >= 4 is 5.91 Å². The van der Waals surface area contributed by atoms with Gasteiger partial charge in [-0.05, 0) is 20.8 Å². The molecule has 0 aromatic carbocycles. The normalized spacial score (nSPS) is 11.5. The average molecular weight is 224 g/mol. The Morgan fingerprint density at radius 2 is 2.19 bits per heavy atom. The van der Waals surface area contributed by atoms with Gasteiger partial charge in [0.1, 0.15) is 12.4 Å². The second kappa shape index (κ2) is 5.12. The molecule has 0 fully saturated rings. The molecular formula is C11H20N4O. The van der Waals surface area contributed by atoms with Crippen LogP contribution in [0.5, 0.6) is 0 Å². The summed E-state index contributed by atoms with van der Waals surface area (Å²) in [5.74, 6) is 0.855. The summed E-state index contributed by atoms with van der Waals surface area (Å²) in [4.78, 5) is 15.5. The molecule has 90 valence electrons. The molecule has 0 atom stereocenters. The van der Waals surface area contributed by atoms with Gasteiger partial charge in [0.25, 0.3) is 0 Å². The van der Waals surface area contributed by atoms with Crippen molar-refractivity contribution in [2.75, 3.05) is 7.05 Å². The molecule has 16 heavy (non-hydrogen) atoms. The third-order valence-electron chi connectivity index (χ3n) is 2.17. The Morgan fingerprint density at radius 3 is 2.75 bits per heavy atom. The quantitative estimate of drug-likeness (QED) is 0.783. The standard InChI is InChI=1S/C11H20N4O/c1-11(2,3)14-7-9-13-5-6-15(9)8-10(16)12-4/h5-6,14H,7-8H2,1-4H3,(H,12,16). The zero-order valence-corrected chi connectivity index (χ0v) is 10.4. The summed E-state index contributed by atoms with van der Waals surface area (Å²) in [6, 6.07) is 0. The molecule has 0 aliphatic carbocycles. The fourth-order valence-corrected chi connectivity index (χ4v) is 1.23. The zero-order chi connectivity index (χ0) is 12.2. The lowest BCUT2D eigenvalue weighted by Crippen LogP contribution is -2.36. The summed E-state index contributed by atoms with van der Waals surface area (Å²) in [5.41, 5.74) is 0.0454. The first-order valence-corrected chi connectivity index (χ1v) is 5.38. The average Bonchev–Trinajstić information content (AvgIpc) is 2.61. The van der Waals surface area contributed by atoms with Crippen molar-refractivity contribution in [3.63, 3.8) is 0 Å². The molecule has 5 heteroatoms. The maximum Gasteiger partial charge on any atom is 0.239 e. The van der Waals surface area contributed by atoms with Crippen LogP contribution in [-0.4, -0.2) is 28.0 Å². The lowest BCUT2D eigenvalue weighted by Gasteiger charge is -2.20. The van der Waals surface area contributed by atoms with Gasteiger partial charge in [0.15, 0.2) is 0 Å². The largest absolute Gasteiger partial charge is 0.358 e. The van der Waals surface area contributed by atoms with Gasteiger partial charge in [0.05, 0.1) is 6.54 Å². The van der Waals surface area contributed by atoms with Crippen molar-refractivity contribution in [1.29, 1.82) is 0 Å². The topological polar surface area (TPSA) is 59.0 Å². The van der Waals surface area contributed by atoms with E-state index in [9.17, 15) is 4.79 Å². The number of aromatic nitrogens is 2. The fourth-order valence-electron chi connectivity index (χ4n) is 1.23. The molecule has 0 saturated heterocycles. The number of carbonyl (C=O) groups excluding carboxylic acids is 1. The Kier molecular flexibility index (Phi) is 4.06. The molecule has 5 nitrogen and oxygen atoms in total. The molecule has 0 aliphatic rings. The van der Waals surface area contributed by atoms with Crippen LogP contribution in [0, 0.1) is 0 Å². The van der Waals surface area contributed by atoms with Crippen LogP contribution in [0.4, 0.5) is 0 Å². The van der Waals surface area contributed by atoms with E-state index < -0.39 is 0 Å². The van der Waals surface area contributed by atoms with Crippen LogP contribution in [0.3, 0.4) is 0 Å². The number of nitrogens with one attached hydrogen (secondary N) is 2. The van der Waals surface area contributed by atoms with E-state index in [1.165, 1.54) is 0 Å². The van der Waals surface area contributed by atoms with Crippen molar-refractivity contribution in [3.8, 4) is 0 Å². The molecule has 1 aromatic rings. The van der Waals surface area contributed by atoms with Crippen LogP contribution in [0.2, 0.25) is 0 Å². The van der Waals surface area contributed by atoms with Crippen molar-refractivity contribution in [3.05, 3.63) is 18.2 Å². The van der Waals surface area contributed by atoms with Crippen molar-refractivity contribution in [2.45, 2.75) is 39.4 Å². The molecule has 1 amide bonds. The highest BCUT2D eigenvalue weighted by atomic mass is 16.1. The molecule has 0 radical (unpaired) electrons. The van der Waals surface area contributed by atoms with Crippen LogP contribution >= 0.6 is 0 Å². The number of imidazole rings is 1. The number of rotatable bonds is 4. The zero-order valence-electron chi connectivity index (χ0n) is 10.4. The van der Waals surface area contributed by atoms with Gasteiger partial charge in [-0.2, -0.15) is 0 Å². The second-order valence-corrected chi connectivity index (χ2v) is 4.75. The first kappa shape index (κ1) is 12.7. The van der Waals surface area contributed by atoms with Gasteiger partial charge >= 0.3 is 0 Å². The maximum absolute atomic E-state index is 11.3. The summed E-state index contributed by atoms with van der Waals surface area (Å²) >= 11 is 0. The summed E-state index contributed by atoms with van der Waals surface area (Å²) in [6.07, 6.45) is 3.53. The predicted octanol–water partition coefficient (Wildman–Crippen LogP) is 0.517. The molecule has 0 bridgehead atoms. The number of carbonyl (C=O) groups is 1. The SMILES string of the molecule is CNC(=O)Cn1ccnc1CNC(C)(C)C. The van der Waals surface area contributed by atoms with Gasteiger partial charge in [0.2, 0.25) is 5.91 Å². The summed E-state index contributed by atoms with van der Waals surface area (Å²) in [7, 11) is 1.63. The highest BCUT2D eigenvalue weighted by Gasteiger charge is 2.11. The number of hydrogen-bond acceptors (Lipinski definition) is 3. The van der Waals surface area contributed by atoms with E-state index in [1.54, 1.807) is 13.2 Å². The molecule has 0 unspecified atom stereocenters. The van der Waals surface area contributed by atoms with Gasteiger partial charge in [-0.15, -0.1) is 0 Å². The third kappa shape index (κ3) is 4.02. The van der Waals surface area contributed by atoms with Crippen LogP contribution in [0.25, 0.3) is 0 Å². The van der Waals surface area contributed by atoms with E-state index in [-0.39, 0.29) is 11.4 Å². The van der Waals surface area contributed by atoms with Gasteiger partial charge in [0, 0.05) is 25.0 Å². The maximum atomic E-state index is 11.3. The molecular weight excluding hydrogens is 204 g/mol. The Labute approximate surface area is 96.3 Å². The lowest BCUT2D eigenvalue weighted by molar-refractivity contribution is -0.121. The molecule has 1 rings (SSSR count). The van der Waals surface area contributed by atoms with Crippen molar-refractivity contribution < 1.29 is 4.79 Å². The van der Waals surface area contributed by atoms with E-state index in [1.807, 2.05) is 10.8 Å². The minimum atomic E-state index is -0.0185. The van der Waals surface area contributed by atoms with E-state index in [2.05, 4.69) is 36.4 Å². The van der Waals surface area contributed by atoms with Gasteiger partial charge in [-0.25, -0.2) is 4.98 Å². The van der Waals surface area contributed by atoms with E-state index in [0.29, 0.717) is 13.1 Å². The van der Waals surface area contributed by atoms with E-state index >= 15 is 0 Å². The Balaban J connectivity index is 2.60. The summed E-state index contributed by atoms with van der Waals surface area (Å²) in [6.45, 7) is 7.27. The minimum Gasteiger partial charge on any atom is -0.358 e. The first-order valence-electron chi connectivity index (χ1n) is 5.38. The number of amides is 1. The van der Waals surface area contributed by atoms with Gasteiger partial charge in [-0.1, -0.05) is 0 Å². The van der Waals surface area contributed by atoms with Crippen LogP contribution < -0.4 is 10.6 Å². The lowest BCUT2D eigenvalue weighted by atomic mass is 10.1. The Morgan fingerprint density at radius 1 is 1.50 bits per heavy atom. The molecule has 2 N–H and O–H groups in total.